The number of aliphatic hydroxyl groups excluding tert-OH is 3. The van der Waals surface area contributed by atoms with Gasteiger partial charge in [-0.25, -0.2) is 0 Å². The molecule has 1 saturated carbocycles. The van der Waals surface area contributed by atoms with Crippen LogP contribution >= 0.6 is 0 Å². The summed E-state index contributed by atoms with van der Waals surface area (Å²) in [6, 6.07) is 0. The highest BCUT2D eigenvalue weighted by Gasteiger charge is 2.53. The van der Waals surface area contributed by atoms with Crippen molar-refractivity contribution in [3.63, 3.8) is 0 Å². The number of aliphatic hydroxyl groups is 3. The molecule has 0 aromatic rings. The molecular formula is C44H60O6. The second-order valence-electron chi connectivity index (χ2n) is 15.4. The van der Waals surface area contributed by atoms with E-state index in [1.807, 2.05) is 103 Å². The lowest BCUT2D eigenvalue weighted by molar-refractivity contribution is -0.142. The van der Waals surface area contributed by atoms with E-state index in [9.17, 15) is 24.9 Å². The summed E-state index contributed by atoms with van der Waals surface area (Å²) in [4.78, 5) is 25.1. The summed E-state index contributed by atoms with van der Waals surface area (Å²) in [5, 5.41) is 30.9. The summed E-state index contributed by atoms with van der Waals surface area (Å²) in [7, 11) is 0. The van der Waals surface area contributed by atoms with Gasteiger partial charge >= 0.3 is 5.97 Å². The van der Waals surface area contributed by atoms with Gasteiger partial charge in [0.25, 0.3) is 0 Å². The summed E-state index contributed by atoms with van der Waals surface area (Å²) in [6.45, 7) is 19.8. The molecule has 0 radical (unpaired) electrons. The van der Waals surface area contributed by atoms with Gasteiger partial charge in [-0.15, -0.1) is 0 Å². The van der Waals surface area contributed by atoms with Crippen molar-refractivity contribution < 1.29 is 29.6 Å². The van der Waals surface area contributed by atoms with Gasteiger partial charge in [0.2, 0.25) is 0 Å². The number of carbonyl (C=O) groups is 2. The minimum atomic E-state index is -0.723. The van der Waals surface area contributed by atoms with Crippen LogP contribution in [0.2, 0.25) is 0 Å². The normalized spacial score (nSPS) is 25.1. The molecule has 1 fully saturated rings. The molecule has 6 heteroatoms. The zero-order valence-corrected chi connectivity index (χ0v) is 32.0. The fourth-order valence-corrected chi connectivity index (χ4v) is 6.51. The average molecular weight is 685 g/mol. The first-order valence-corrected chi connectivity index (χ1v) is 17.7. The van der Waals surface area contributed by atoms with Gasteiger partial charge in [0.15, 0.2) is 5.78 Å². The van der Waals surface area contributed by atoms with Gasteiger partial charge in [0, 0.05) is 34.5 Å². The number of rotatable bonds is 13. The van der Waals surface area contributed by atoms with Crippen LogP contribution in [0.4, 0.5) is 0 Å². The van der Waals surface area contributed by atoms with Crippen LogP contribution < -0.4 is 0 Å². The van der Waals surface area contributed by atoms with Crippen LogP contribution in [0, 0.1) is 28.1 Å². The predicted octanol–water partition coefficient (Wildman–Crippen LogP) is 9.46. The maximum atomic E-state index is 13.0. The Kier molecular flexibility index (Phi) is 16.0. The highest BCUT2D eigenvalue weighted by Crippen LogP contribution is 2.53. The van der Waals surface area contributed by atoms with E-state index in [-0.39, 0.29) is 41.1 Å². The third-order valence-corrected chi connectivity index (χ3v) is 9.87. The third-order valence-electron chi connectivity index (χ3n) is 9.87. The monoisotopic (exact) mass is 684 g/mol. The van der Waals surface area contributed by atoms with Crippen LogP contribution in [0.3, 0.4) is 0 Å². The fourth-order valence-electron chi connectivity index (χ4n) is 6.51. The first-order valence-electron chi connectivity index (χ1n) is 17.7. The second kappa shape index (κ2) is 18.9. The molecule has 6 nitrogen and oxygen atoms in total. The van der Waals surface area contributed by atoms with Gasteiger partial charge in [-0.05, 0) is 76.9 Å². The number of hydrogen-bond acceptors (Lipinski definition) is 6. The van der Waals surface area contributed by atoms with Gasteiger partial charge in [0.05, 0.1) is 12.2 Å². The topological polar surface area (TPSA) is 104 Å². The molecule has 3 atom stereocenters. The van der Waals surface area contributed by atoms with Crippen molar-refractivity contribution in [2.75, 3.05) is 6.61 Å². The van der Waals surface area contributed by atoms with E-state index in [0.717, 1.165) is 28.7 Å². The van der Waals surface area contributed by atoms with Crippen LogP contribution in [0.5, 0.6) is 0 Å². The van der Waals surface area contributed by atoms with Gasteiger partial charge in [-0.3, -0.25) is 9.59 Å². The molecule has 0 amide bonds. The molecule has 2 aliphatic carbocycles. The zero-order valence-electron chi connectivity index (χ0n) is 32.0. The lowest BCUT2D eigenvalue weighted by Crippen LogP contribution is -2.36. The number of carbonyl (C=O) groups excluding carboxylic acids is 2. The number of ether oxygens (including phenoxy) is 1. The summed E-state index contributed by atoms with van der Waals surface area (Å²) in [5.41, 5.74) is 4.14. The largest absolute Gasteiger partial charge is 0.508 e. The van der Waals surface area contributed by atoms with E-state index in [1.54, 1.807) is 13.0 Å². The van der Waals surface area contributed by atoms with Gasteiger partial charge < -0.3 is 20.1 Å². The summed E-state index contributed by atoms with van der Waals surface area (Å²) < 4.78 is 5.46. The standard InChI is InChI=1S/C44H60O6/c1-11-16-41(49)50-30-35(23-24-38-34(5)25-36(45)27-42(38,6)7)22-15-20-32(3)18-13-12-17-31(2)19-14-21-33(4)39(47)26-40(48)44(10)29-37(46)28-43(44,8)9/h12-15,17-22,26,36-37,45-47H,11,16,25,27-30H2,1-10H3/b13-12+,19-14+,20-15+,31-17+,32-18+,33-21+,35-22-,39-26-/t36-,37+,44+/m1/s1. The lowest BCUT2D eigenvalue weighted by Gasteiger charge is -2.35. The third kappa shape index (κ3) is 12.8. The highest BCUT2D eigenvalue weighted by molar-refractivity contribution is 5.96. The average Bonchev–Trinajstić information content (AvgIpc) is 3.22. The minimum Gasteiger partial charge on any atom is -0.508 e. The maximum absolute atomic E-state index is 13.0. The minimum absolute atomic E-state index is 0.0684. The van der Waals surface area contributed by atoms with E-state index >= 15 is 0 Å². The van der Waals surface area contributed by atoms with Crippen molar-refractivity contribution in [2.24, 2.45) is 16.2 Å². The summed E-state index contributed by atoms with van der Waals surface area (Å²) in [6.07, 6.45) is 22.9. The lowest BCUT2D eigenvalue weighted by atomic mass is 9.66. The van der Waals surface area contributed by atoms with Gasteiger partial charge in [-0.1, -0.05) is 125 Å². The second-order valence-corrected chi connectivity index (χ2v) is 15.4. The first-order chi connectivity index (χ1) is 23.3. The van der Waals surface area contributed by atoms with Crippen LogP contribution in [-0.2, 0) is 14.3 Å². The molecular weight excluding hydrogens is 624 g/mol. The number of esters is 1. The van der Waals surface area contributed by atoms with E-state index in [1.165, 1.54) is 6.08 Å². The van der Waals surface area contributed by atoms with Crippen LogP contribution in [0.1, 0.15) is 108 Å². The molecule has 2 rings (SSSR count). The van der Waals surface area contributed by atoms with E-state index in [4.69, 9.17) is 4.74 Å². The van der Waals surface area contributed by atoms with Crippen molar-refractivity contribution in [1.29, 1.82) is 0 Å². The Morgan fingerprint density at radius 3 is 2.00 bits per heavy atom. The van der Waals surface area contributed by atoms with Crippen molar-refractivity contribution in [3.8, 4) is 11.8 Å². The van der Waals surface area contributed by atoms with E-state index < -0.39 is 11.5 Å². The van der Waals surface area contributed by atoms with Crippen LogP contribution in [0.25, 0.3) is 0 Å². The molecule has 0 saturated heterocycles. The smallest absolute Gasteiger partial charge is 0.306 e. The molecule has 3 N–H and O–H groups in total. The Balaban J connectivity index is 2.08. The molecule has 50 heavy (non-hydrogen) atoms. The Bertz CT molecular complexity index is 1590. The molecule has 0 aromatic heterocycles. The molecule has 272 valence electrons. The van der Waals surface area contributed by atoms with Crippen molar-refractivity contribution in [3.05, 3.63) is 106 Å². The Labute approximate surface area is 301 Å². The highest BCUT2D eigenvalue weighted by atomic mass is 16.5. The molecule has 0 unspecified atom stereocenters. The van der Waals surface area contributed by atoms with E-state index in [2.05, 4.69) is 25.7 Å². The molecule has 2 aliphatic rings. The summed E-state index contributed by atoms with van der Waals surface area (Å²) in [5.74, 6) is 6.08. The van der Waals surface area contributed by atoms with Crippen LogP contribution in [-0.4, -0.2) is 45.9 Å². The number of allylic oxidation sites excluding steroid dienone is 15. The Morgan fingerprint density at radius 2 is 1.46 bits per heavy atom. The van der Waals surface area contributed by atoms with Crippen molar-refractivity contribution >= 4 is 11.8 Å². The van der Waals surface area contributed by atoms with Crippen molar-refractivity contribution in [2.45, 2.75) is 120 Å². The van der Waals surface area contributed by atoms with Crippen molar-refractivity contribution in [1.82, 2.24) is 0 Å². The summed E-state index contributed by atoms with van der Waals surface area (Å²) >= 11 is 0. The van der Waals surface area contributed by atoms with E-state index in [0.29, 0.717) is 43.3 Å². The SMILES string of the molecule is CCCC(=O)OC\C(C#CC1=C(C)C[C@@H](O)CC1(C)C)=C/C=C/C(C)=C/C=C/C=C(C)/C=C/C=C(C)/C(O)=C/C(=O)[C@]1(C)C[C@@H](O)CC1(C)C. The van der Waals surface area contributed by atoms with Gasteiger partial charge in [-0.2, -0.15) is 0 Å². The quantitative estimate of drug-likeness (QED) is 0.0587. The number of hydrogen-bond donors (Lipinski definition) is 3. The zero-order chi connectivity index (χ0) is 37.7. The Hall–Kier alpha value is -3.92. The first kappa shape index (κ1) is 42.2. The molecule has 0 aromatic carbocycles. The predicted molar refractivity (Wildman–Crippen MR) is 205 cm³/mol. The molecule has 0 aliphatic heterocycles. The Morgan fingerprint density at radius 1 is 0.860 bits per heavy atom. The fraction of sp³-hybridized carbons (Fsp3) is 0.500. The molecule has 0 heterocycles. The maximum Gasteiger partial charge on any atom is 0.306 e. The van der Waals surface area contributed by atoms with Crippen LogP contribution in [0.15, 0.2) is 106 Å². The number of ketones is 1. The molecule has 0 bridgehead atoms. The molecule has 0 spiro atoms. The van der Waals surface area contributed by atoms with Gasteiger partial charge in [0.1, 0.15) is 12.4 Å².